The Hall–Kier alpha value is -3.52. The zero-order valence-corrected chi connectivity index (χ0v) is 37.4. The maximum atomic E-state index is 12.7. The number of ether oxygens (including phenoxy) is 3. The van der Waals surface area contributed by atoms with E-state index in [-0.39, 0.29) is 11.3 Å². The number of epoxide rings is 1. The fourth-order valence-corrected chi connectivity index (χ4v) is 9.76. The van der Waals surface area contributed by atoms with Gasteiger partial charge in [0.15, 0.2) is 0 Å². The summed E-state index contributed by atoms with van der Waals surface area (Å²) in [4.78, 5) is 2.30. The first kappa shape index (κ1) is 48.4. The van der Waals surface area contributed by atoms with Crippen molar-refractivity contribution in [3.8, 4) is 11.5 Å². The summed E-state index contributed by atoms with van der Waals surface area (Å²) in [7, 11) is 0. The SMILES string of the molecule is Clc1ccc(C2([C@H]3CO3)CCC2)cc1.FC(F)(F)c1ccc(OC[C@H]2CCCNC2)cc1.O[C@H](CN1CCC[C@H](COc2ccc(C(F)(F)F)cc2)C1)C1(c2ccc(Cl)cc2)CCC1. The van der Waals surface area contributed by atoms with E-state index in [9.17, 15) is 31.4 Å². The normalized spacial score (nSPS) is 23.1. The molecule has 5 aliphatic rings. The molecule has 64 heavy (non-hydrogen) atoms. The number of piperidine rings is 2. The third-order valence-corrected chi connectivity index (χ3v) is 14.2. The van der Waals surface area contributed by atoms with Crippen molar-refractivity contribution in [1.82, 2.24) is 10.2 Å². The Morgan fingerprint density at radius 1 is 0.672 bits per heavy atom. The summed E-state index contributed by atoms with van der Waals surface area (Å²) in [6, 6.07) is 25.8. The van der Waals surface area contributed by atoms with Crippen LogP contribution < -0.4 is 14.8 Å². The van der Waals surface area contributed by atoms with Gasteiger partial charge in [-0.3, -0.25) is 0 Å². The second kappa shape index (κ2) is 21.4. The zero-order valence-electron chi connectivity index (χ0n) is 35.9. The molecule has 4 aromatic rings. The highest BCUT2D eigenvalue weighted by Crippen LogP contribution is 2.51. The highest BCUT2D eigenvalue weighted by Gasteiger charge is 2.52. The van der Waals surface area contributed by atoms with Crippen LogP contribution in [0.25, 0.3) is 0 Å². The van der Waals surface area contributed by atoms with Crippen molar-refractivity contribution in [2.24, 2.45) is 11.8 Å². The molecule has 2 aliphatic carbocycles. The van der Waals surface area contributed by atoms with Gasteiger partial charge in [0.1, 0.15) is 11.5 Å². The monoisotopic (exact) mass is 934 g/mol. The fraction of sp³-hybridized carbons (Fsp3) is 0.520. The van der Waals surface area contributed by atoms with Crippen LogP contribution in [0.3, 0.4) is 0 Å². The second-order valence-electron chi connectivity index (χ2n) is 18.0. The molecular formula is C50H58Cl2F6N2O4. The van der Waals surface area contributed by atoms with Crippen LogP contribution in [0, 0.1) is 11.8 Å². The molecule has 348 valence electrons. The van der Waals surface area contributed by atoms with Gasteiger partial charge in [0.05, 0.1) is 43.2 Å². The molecule has 0 radical (unpaired) electrons. The Balaban J connectivity index is 0.000000160. The van der Waals surface area contributed by atoms with Gasteiger partial charge in [-0.25, -0.2) is 0 Å². The number of hydrogen-bond donors (Lipinski definition) is 2. The van der Waals surface area contributed by atoms with Crippen LogP contribution in [0.15, 0.2) is 97.1 Å². The molecule has 6 nitrogen and oxygen atoms in total. The average molecular weight is 936 g/mol. The Morgan fingerprint density at radius 3 is 1.61 bits per heavy atom. The number of benzene rings is 4. The van der Waals surface area contributed by atoms with Crippen LogP contribution in [0.4, 0.5) is 26.3 Å². The molecule has 3 saturated heterocycles. The maximum Gasteiger partial charge on any atom is 0.416 e. The lowest BCUT2D eigenvalue weighted by Gasteiger charge is -2.48. The highest BCUT2D eigenvalue weighted by molar-refractivity contribution is 6.30. The van der Waals surface area contributed by atoms with E-state index in [0.717, 1.165) is 113 Å². The lowest BCUT2D eigenvalue weighted by atomic mass is 9.61. The van der Waals surface area contributed by atoms with Gasteiger partial charge in [-0.1, -0.05) is 60.3 Å². The summed E-state index contributed by atoms with van der Waals surface area (Å²) in [6.07, 6.45) is 2.62. The largest absolute Gasteiger partial charge is 0.493 e. The average Bonchev–Trinajstić information content (AvgIpc) is 4.09. The molecule has 0 aromatic heterocycles. The van der Waals surface area contributed by atoms with Crippen molar-refractivity contribution < 1.29 is 45.7 Å². The lowest BCUT2D eigenvalue weighted by Crippen LogP contribution is -2.52. The van der Waals surface area contributed by atoms with Crippen LogP contribution in [0.5, 0.6) is 11.5 Å². The maximum absolute atomic E-state index is 12.7. The van der Waals surface area contributed by atoms with Crippen molar-refractivity contribution in [2.45, 2.75) is 99.6 Å². The van der Waals surface area contributed by atoms with Crippen LogP contribution in [-0.2, 0) is 27.9 Å². The molecule has 3 aliphatic heterocycles. The van der Waals surface area contributed by atoms with E-state index in [0.29, 0.717) is 53.7 Å². The molecule has 2 saturated carbocycles. The van der Waals surface area contributed by atoms with E-state index >= 15 is 0 Å². The van der Waals surface area contributed by atoms with Gasteiger partial charge in [0.2, 0.25) is 0 Å². The van der Waals surface area contributed by atoms with Crippen molar-refractivity contribution >= 4 is 23.2 Å². The summed E-state index contributed by atoms with van der Waals surface area (Å²) in [5.41, 5.74) is 1.39. The number of alkyl halides is 6. The quantitative estimate of drug-likeness (QED) is 0.109. The standard InChI is InChI=1S/C25H29ClF3NO2.C13H16F3NO.C12H13ClO/c26-21-8-4-19(5-9-21)24(12-2-13-24)23(31)16-30-14-1-3-18(15-30)17-32-22-10-6-20(7-11-22)25(27,28)29;14-13(15,16)11-3-5-12(6-4-11)18-9-10-2-1-7-17-8-10;13-10-4-2-9(3-5-10)12(6-1-7-12)11-8-14-11/h4-11,18,23,31H,1-3,12-17H2;3-6,10,17H,1-2,7-9H2;2-5,11H,1,6-8H2/t18-,23+;10-;11-/m001/s1. The molecule has 2 N–H and O–H groups in total. The molecule has 3 heterocycles. The number of aliphatic hydroxyl groups excluding tert-OH is 1. The Morgan fingerprint density at radius 2 is 1.17 bits per heavy atom. The summed E-state index contributed by atoms with van der Waals surface area (Å²) >= 11 is 11.9. The number of β-amino-alcohol motifs (C(OH)–C–C–N with tert-alkyl or cyclic N) is 1. The van der Waals surface area contributed by atoms with Crippen LogP contribution >= 0.6 is 23.2 Å². The number of rotatable bonds is 12. The predicted molar refractivity (Wildman–Crippen MR) is 238 cm³/mol. The number of halogens is 8. The summed E-state index contributed by atoms with van der Waals surface area (Å²) in [5, 5.41) is 16.0. The number of aliphatic hydroxyl groups is 1. The van der Waals surface area contributed by atoms with Gasteiger partial charge >= 0.3 is 12.4 Å². The third-order valence-electron chi connectivity index (χ3n) is 13.7. The smallest absolute Gasteiger partial charge is 0.416 e. The summed E-state index contributed by atoms with van der Waals surface area (Å²) < 4.78 is 91.9. The van der Waals surface area contributed by atoms with E-state index < -0.39 is 29.6 Å². The van der Waals surface area contributed by atoms with Gasteiger partial charge in [0, 0.05) is 52.3 Å². The fourth-order valence-electron chi connectivity index (χ4n) is 9.50. The predicted octanol–water partition coefficient (Wildman–Crippen LogP) is 12.2. The van der Waals surface area contributed by atoms with Crippen molar-refractivity contribution in [1.29, 1.82) is 0 Å². The van der Waals surface area contributed by atoms with Gasteiger partial charge in [-0.15, -0.1) is 0 Å². The van der Waals surface area contributed by atoms with Gasteiger partial charge in [-0.05, 0) is 148 Å². The molecule has 0 amide bonds. The number of likely N-dealkylation sites (tertiary alicyclic amines) is 1. The highest BCUT2D eigenvalue weighted by atomic mass is 35.5. The van der Waals surface area contributed by atoms with Crippen LogP contribution in [0.2, 0.25) is 10.0 Å². The Labute approximate surface area is 382 Å². The van der Waals surface area contributed by atoms with Crippen LogP contribution in [-0.4, -0.2) is 74.8 Å². The summed E-state index contributed by atoms with van der Waals surface area (Å²) in [5.74, 6) is 1.67. The minimum absolute atomic E-state index is 0.200. The number of nitrogens with one attached hydrogen (secondary N) is 1. The Bertz CT molecular complexity index is 2030. The van der Waals surface area contributed by atoms with E-state index in [1.807, 2.05) is 36.4 Å². The van der Waals surface area contributed by atoms with Crippen LogP contribution in [0.1, 0.15) is 86.5 Å². The van der Waals surface area contributed by atoms with E-state index in [1.165, 1.54) is 49.1 Å². The van der Waals surface area contributed by atoms with Crippen molar-refractivity contribution in [3.63, 3.8) is 0 Å². The summed E-state index contributed by atoms with van der Waals surface area (Å²) in [6.45, 7) is 6.27. The number of nitrogens with zero attached hydrogens (tertiary/aromatic N) is 1. The molecule has 9 rings (SSSR count). The molecule has 4 aromatic carbocycles. The Kier molecular flexibility index (Phi) is 16.2. The topological polar surface area (TPSA) is 66.5 Å². The first-order valence-corrected chi connectivity index (χ1v) is 23.2. The lowest BCUT2D eigenvalue weighted by molar-refractivity contribution is -0.138. The molecule has 0 spiro atoms. The van der Waals surface area contributed by atoms with Crippen molar-refractivity contribution in [2.75, 3.05) is 52.5 Å². The first-order valence-electron chi connectivity index (χ1n) is 22.5. The van der Waals surface area contributed by atoms with E-state index in [4.69, 9.17) is 37.4 Å². The minimum Gasteiger partial charge on any atom is -0.493 e. The molecule has 4 atom stereocenters. The van der Waals surface area contributed by atoms with E-state index in [1.54, 1.807) is 0 Å². The number of hydrogen-bond acceptors (Lipinski definition) is 6. The van der Waals surface area contributed by atoms with Crippen molar-refractivity contribution in [3.05, 3.63) is 129 Å². The molecule has 5 fully saturated rings. The minimum atomic E-state index is -4.34. The molecular weight excluding hydrogens is 877 g/mol. The molecule has 14 heteroatoms. The second-order valence-corrected chi connectivity index (χ2v) is 18.9. The van der Waals surface area contributed by atoms with Gasteiger partial charge in [-0.2, -0.15) is 26.3 Å². The third kappa shape index (κ3) is 12.7. The zero-order chi connectivity index (χ0) is 45.4. The van der Waals surface area contributed by atoms with Gasteiger partial charge < -0.3 is 29.5 Å². The first-order chi connectivity index (χ1) is 30.6. The molecule has 0 unspecified atom stereocenters. The molecule has 0 bridgehead atoms. The van der Waals surface area contributed by atoms with E-state index in [2.05, 4.69) is 22.3 Å². The van der Waals surface area contributed by atoms with Gasteiger partial charge in [0.25, 0.3) is 0 Å².